The van der Waals surface area contributed by atoms with Gasteiger partial charge in [-0.1, -0.05) is 6.07 Å². The van der Waals surface area contributed by atoms with Crippen LogP contribution >= 0.6 is 0 Å². The Bertz CT molecular complexity index is 707. The molecule has 6 nitrogen and oxygen atoms in total. The summed E-state index contributed by atoms with van der Waals surface area (Å²) in [6, 6.07) is 3.66. The number of aromatic carboxylic acids is 1. The zero-order chi connectivity index (χ0) is 15.4. The number of urea groups is 1. The highest BCUT2D eigenvalue weighted by molar-refractivity contribution is 6.00. The first-order valence-electron chi connectivity index (χ1n) is 5.67. The number of carboxylic acids is 1. The van der Waals surface area contributed by atoms with E-state index in [4.69, 9.17) is 5.11 Å². The number of carboxylic acid groups (broad SMARTS) is 1. The average molecular weight is 293 g/mol. The SMILES string of the molecule is O=C(Nc1cncc(C(=O)O)c1)Nc1cccc(F)c1F. The van der Waals surface area contributed by atoms with Gasteiger partial charge in [-0.2, -0.15) is 0 Å². The first kappa shape index (κ1) is 14.4. The van der Waals surface area contributed by atoms with Gasteiger partial charge in [0.25, 0.3) is 0 Å². The highest BCUT2D eigenvalue weighted by Crippen LogP contribution is 2.17. The van der Waals surface area contributed by atoms with Crippen LogP contribution in [0.2, 0.25) is 0 Å². The molecule has 0 saturated carbocycles. The Balaban J connectivity index is 2.10. The number of benzene rings is 1. The van der Waals surface area contributed by atoms with Crippen molar-refractivity contribution >= 4 is 23.4 Å². The second kappa shape index (κ2) is 5.95. The lowest BCUT2D eigenvalue weighted by Crippen LogP contribution is -2.20. The molecule has 1 aromatic carbocycles. The molecule has 0 aliphatic heterocycles. The summed E-state index contributed by atoms with van der Waals surface area (Å²) in [6.45, 7) is 0. The van der Waals surface area contributed by atoms with Gasteiger partial charge in [0.05, 0.1) is 23.1 Å². The van der Waals surface area contributed by atoms with Crippen LogP contribution in [0.5, 0.6) is 0 Å². The van der Waals surface area contributed by atoms with E-state index in [1.807, 2.05) is 0 Å². The van der Waals surface area contributed by atoms with Gasteiger partial charge in [-0.05, 0) is 18.2 Å². The Morgan fingerprint density at radius 3 is 2.62 bits per heavy atom. The van der Waals surface area contributed by atoms with Crippen molar-refractivity contribution < 1.29 is 23.5 Å². The lowest BCUT2D eigenvalue weighted by atomic mass is 10.2. The van der Waals surface area contributed by atoms with Crippen LogP contribution in [0.4, 0.5) is 25.0 Å². The van der Waals surface area contributed by atoms with Gasteiger partial charge < -0.3 is 15.7 Å². The minimum atomic E-state index is -1.21. The Morgan fingerprint density at radius 2 is 1.90 bits per heavy atom. The van der Waals surface area contributed by atoms with Gasteiger partial charge in [-0.25, -0.2) is 18.4 Å². The predicted octanol–water partition coefficient (Wildman–Crippen LogP) is 2.70. The number of rotatable bonds is 3. The van der Waals surface area contributed by atoms with Crippen LogP contribution in [0.25, 0.3) is 0 Å². The van der Waals surface area contributed by atoms with E-state index < -0.39 is 23.6 Å². The molecule has 108 valence electrons. The second-order valence-electron chi connectivity index (χ2n) is 3.95. The summed E-state index contributed by atoms with van der Waals surface area (Å²) in [5.74, 6) is -3.49. The predicted molar refractivity (Wildman–Crippen MR) is 70.2 cm³/mol. The highest BCUT2D eigenvalue weighted by atomic mass is 19.2. The number of pyridine rings is 1. The van der Waals surface area contributed by atoms with Gasteiger partial charge >= 0.3 is 12.0 Å². The number of amides is 2. The van der Waals surface area contributed by atoms with E-state index >= 15 is 0 Å². The average Bonchev–Trinajstić information content (AvgIpc) is 2.44. The van der Waals surface area contributed by atoms with Gasteiger partial charge in [0.1, 0.15) is 0 Å². The van der Waals surface area contributed by atoms with E-state index in [0.717, 1.165) is 12.3 Å². The van der Waals surface area contributed by atoms with Gasteiger partial charge in [0, 0.05) is 6.20 Å². The molecular weight excluding hydrogens is 284 g/mol. The third kappa shape index (κ3) is 3.50. The first-order chi connectivity index (χ1) is 9.97. The molecule has 2 rings (SSSR count). The van der Waals surface area contributed by atoms with Gasteiger partial charge in [0.15, 0.2) is 11.6 Å². The van der Waals surface area contributed by atoms with Crippen molar-refractivity contribution in [3.8, 4) is 0 Å². The van der Waals surface area contributed by atoms with Crippen molar-refractivity contribution in [2.24, 2.45) is 0 Å². The number of carbonyl (C=O) groups excluding carboxylic acids is 1. The Hall–Kier alpha value is -3.03. The number of carbonyl (C=O) groups is 2. The van der Waals surface area contributed by atoms with Crippen LogP contribution < -0.4 is 10.6 Å². The van der Waals surface area contributed by atoms with Crippen LogP contribution in [-0.4, -0.2) is 22.1 Å². The molecule has 0 saturated heterocycles. The zero-order valence-corrected chi connectivity index (χ0v) is 10.4. The fraction of sp³-hybridized carbons (Fsp3) is 0. The maximum absolute atomic E-state index is 13.4. The maximum Gasteiger partial charge on any atom is 0.337 e. The normalized spacial score (nSPS) is 10.0. The van der Waals surface area contributed by atoms with Crippen LogP contribution in [-0.2, 0) is 0 Å². The molecular formula is C13H9F2N3O3. The van der Waals surface area contributed by atoms with E-state index in [9.17, 15) is 18.4 Å². The summed E-state index contributed by atoms with van der Waals surface area (Å²) in [5, 5.41) is 13.2. The van der Waals surface area contributed by atoms with E-state index in [0.29, 0.717) is 0 Å². The smallest absolute Gasteiger partial charge is 0.337 e. The van der Waals surface area contributed by atoms with Crippen LogP contribution in [0.1, 0.15) is 10.4 Å². The fourth-order valence-corrected chi connectivity index (χ4v) is 1.51. The molecule has 21 heavy (non-hydrogen) atoms. The summed E-state index contributed by atoms with van der Waals surface area (Å²) in [5.41, 5.74) is -0.358. The summed E-state index contributed by atoms with van der Waals surface area (Å²) >= 11 is 0. The summed E-state index contributed by atoms with van der Waals surface area (Å²) < 4.78 is 26.3. The molecule has 3 N–H and O–H groups in total. The molecule has 2 amide bonds. The van der Waals surface area contributed by atoms with Crippen LogP contribution in [0.3, 0.4) is 0 Å². The molecule has 8 heteroatoms. The quantitative estimate of drug-likeness (QED) is 0.811. The molecule has 0 radical (unpaired) electrons. The number of hydrogen-bond donors (Lipinski definition) is 3. The molecule has 0 aliphatic carbocycles. The number of nitrogens with one attached hydrogen (secondary N) is 2. The highest BCUT2D eigenvalue weighted by Gasteiger charge is 2.11. The molecule has 1 heterocycles. The Kier molecular flexibility index (Phi) is 4.07. The van der Waals surface area contributed by atoms with Gasteiger partial charge in [-0.3, -0.25) is 4.98 Å². The molecule has 0 atom stereocenters. The summed E-state index contributed by atoms with van der Waals surface area (Å²) in [6.07, 6.45) is 2.33. The van der Waals surface area contributed by atoms with E-state index in [2.05, 4.69) is 15.6 Å². The van der Waals surface area contributed by atoms with Crippen LogP contribution in [0, 0.1) is 11.6 Å². The minimum absolute atomic E-state index is 0.101. The van der Waals surface area contributed by atoms with Crippen molar-refractivity contribution in [1.29, 1.82) is 0 Å². The number of anilines is 2. The number of hydrogen-bond acceptors (Lipinski definition) is 3. The monoisotopic (exact) mass is 293 g/mol. The fourth-order valence-electron chi connectivity index (χ4n) is 1.51. The van der Waals surface area contributed by atoms with Crippen molar-refractivity contribution in [2.75, 3.05) is 10.6 Å². The standard InChI is InChI=1S/C13H9F2N3O3/c14-9-2-1-3-10(11(9)15)18-13(21)17-8-4-7(12(19)20)5-16-6-8/h1-6H,(H,19,20)(H2,17,18,21). The third-order valence-electron chi connectivity index (χ3n) is 2.44. The van der Waals surface area contributed by atoms with Crippen molar-refractivity contribution in [3.05, 3.63) is 53.9 Å². The van der Waals surface area contributed by atoms with E-state index in [1.54, 1.807) is 0 Å². The molecule has 2 aromatic rings. The van der Waals surface area contributed by atoms with Gasteiger partial charge in [-0.15, -0.1) is 0 Å². The summed E-state index contributed by atoms with van der Waals surface area (Å²) in [4.78, 5) is 26.0. The van der Waals surface area contributed by atoms with Gasteiger partial charge in [0.2, 0.25) is 0 Å². The van der Waals surface area contributed by atoms with Crippen molar-refractivity contribution in [2.45, 2.75) is 0 Å². The third-order valence-corrected chi connectivity index (χ3v) is 2.44. The number of nitrogens with zero attached hydrogens (tertiary/aromatic N) is 1. The number of halogens is 2. The molecule has 1 aromatic heterocycles. The lowest BCUT2D eigenvalue weighted by Gasteiger charge is -2.08. The van der Waals surface area contributed by atoms with E-state index in [1.165, 1.54) is 24.4 Å². The molecule has 0 unspecified atom stereocenters. The minimum Gasteiger partial charge on any atom is -0.478 e. The van der Waals surface area contributed by atoms with E-state index in [-0.39, 0.29) is 16.9 Å². The molecule has 0 fully saturated rings. The summed E-state index contributed by atoms with van der Waals surface area (Å²) in [7, 11) is 0. The molecule has 0 bridgehead atoms. The van der Waals surface area contributed by atoms with Crippen LogP contribution in [0.15, 0.2) is 36.7 Å². The zero-order valence-electron chi connectivity index (χ0n) is 10.4. The largest absolute Gasteiger partial charge is 0.478 e. The Morgan fingerprint density at radius 1 is 1.14 bits per heavy atom. The second-order valence-corrected chi connectivity index (χ2v) is 3.95. The number of aromatic nitrogens is 1. The Labute approximate surface area is 117 Å². The molecule has 0 spiro atoms. The van der Waals surface area contributed by atoms with Crippen molar-refractivity contribution in [1.82, 2.24) is 4.98 Å². The lowest BCUT2D eigenvalue weighted by molar-refractivity contribution is 0.0696. The van der Waals surface area contributed by atoms with Crippen molar-refractivity contribution in [3.63, 3.8) is 0 Å². The maximum atomic E-state index is 13.4. The molecule has 0 aliphatic rings. The first-order valence-corrected chi connectivity index (χ1v) is 5.67. The topological polar surface area (TPSA) is 91.3 Å².